The summed E-state index contributed by atoms with van der Waals surface area (Å²) in [5.74, 6) is 4.56. The van der Waals surface area contributed by atoms with Crippen LogP contribution in [0.3, 0.4) is 0 Å². The van der Waals surface area contributed by atoms with Crippen LogP contribution < -0.4 is 9.47 Å². The molecule has 350 valence electrons. The highest BCUT2D eigenvalue weighted by Gasteiger charge is 2.35. The molecular weight excluding hydrogens is 753 g/mol. The third-order valence-electron chi connectivity index (χ3n) is 13.4. The van der Waals surface area contributed by atoms with Crippen molar-refractivity contribution in [2.24, 2.45) is 17.8 Å². The quantitative estimate of drug-likeness (QED) is 0.0287. The van der Waals surface area contributed by atoms with Crippen molar-refractivity contribution < 1.29 is 18.3 Å². The molecule has 1 aliphatic heterocycles. The van der Waals surface area contributed by atoms with Crippen molar-refractivity contribution in [2.75, 3.05) is 6.61 Å². The second kappa shape index (κ2) is 32.4. The molecule has 2 rings (SSSR count). The Hall–Kier alpha value is -1.30. The first-order chi connectivity index (χ1) is 28.8. The standard InChI is InChI=1S/C55H102O4Si/c1-12-14-16-18-19-20-21-22-23-24-25-26-27-28-30-40-53(59-60(10,11)56-44-31-29-17-15-13-2)57-52-45-49(7)54-51(50(52)8)41-43-55(9,58-54)42-34-39-48(6)38-33-37-47(5)36-32-35-46(3)4/h22-23,45-48,53H,12-21,24-44H2,1-11H3/b23-22-. The Labute approximate surface area is 376 Å². The van der Waals surface area contributed by atoms with Gasteiger partial charge in [0.25, 0.3) is 0 Å². The molecule has 0 amide bonds. The van der Waals surface area contributed by atoms with Gasteiger partial charge < -0.3 is 18.3 Å². The van der Waals surface area contributed by atoms with Gasteiger partial charge in [0.05, 0.1) is 0 Å². The maximum absolute atomic E-state index is 6.96. The Morgan fingerprint density at radius 3 is 1.80 bits per heavy atom. The van der Waals surface area contributed by atoms with Crippen LogP contribution >= 0.6 is 0 Å². The number of allylic oxidation sites excluding steroid dienone is 2. The van der Waals surface area contributed by atoms with Gasteiger partial charge in [-0.25, -0.2) is 0 Å². The molecule has 0 radical (unpaired) electrons. The van der Waals surface area contributed by atoms with Crippen molar-refractivity contribution in [3.63, 3.8) is 0 Å². The van der Waals surface area contributed by atoms with Crippen molar-refractivity contribution in [1.82, 2.24) is 0 Å². The fraction of sp³-hybridized carbons (Fsp3) is 0.855. The topological polar surface area (TPSA) is 36.9 Å². The molecule has 4 nitrogen and oxygen atoms in total. The zero-order chi connectivity index (χ0) is 44.1. The number of aryl methyl sites for hydroxylation is 1. The molecular formula is C55H102O4Si. The summed E-state index contributed by atoms with van der Waals surface area (Å²) in [6, 6.07) is 2.23. The summed E-state index contributed by atoms with van der Waals surface area (Å²) < 4.78 is 27.2. The molecule has 0 N–H and O–H groups in total. The van der Waals surface area contributed by atoms with Crippen molar-refractivity contribution in [3.05, 3.63) is 34.9 Å². The average Bonchev–Trinajstić information content (AvgIpc) is 3.19. The summed E-state index contributed by atoms with van der Waals surface area (Å²) >= 11 is 0. The molecule has 0 aliphatic carbocycles. The number of fused-ring (bicyclic) bond motifs is 1. The molecule has 60 heavy (non-hydrogen) atoms. The molecule has 0 fully saturated rings. The average molecular weight is 856 g/mol. The number of hydrogen-bond acceptors (Lipinski definition) is 4. The smallest absolute Gasteiger partial charge is 0.334 e. The van der Waals surface area contributed by atoms with Crippen molar-refractivity contribution in [2.45, 2.75) is 280 Å². The van der Waals surface area contributed by atoms with E-state index in [1.807, 2.05) is 0 Å². The van der Waals surface area contributed by atoms with Gasteiger partial charge >= 0.3 is 8.56 Å². The van der Waals surface area contributed by atoms with Crippen LogP contribution in [0, 0.1) is 31.6 Å². The lowest BCUT2D eigenvalue weighted by molar-refractivity contribution is -0.0312. The Balaban J connectivity index is 1.91. The van der Waals surface area contributed by atoms with E-state index in [-0.39, 0.29) is 11.9 Å². The minimum atomic E-state index is -2.38. The van der Waals surface area contributed by atoms with Crippen LogP contribution in [-0.4, -0.2) is 27.1 Å². The third kappa shape index (κ3) is 25.1. The number of benzene rings is 1. The van der Waals surface area contributed by atoms with Crippen LogP contribution in [0.1, 0.15) is 251 Å². The van der Waals surface area contributed by atoms with Crippen LogP contribution in [0.15, 0.2) is 18.2 Å². The van der Waals surface area contributed by atoms with Gasteiger partial charge in [0.2, 0.25) is 0 Å². The Morgan fingerprint density at radius 2 is 1.20 bits per heavy atom. The third-order valence-corrected chi connectivity index (χ3v) is 15.1. The van der Waals surface area contributed by atoms with Gasteiger partial charge in [0.1, 0.15) is 17.1 Å². The molecule has 4 atom stereocenters. The lowest BCUT2D eigenvalue weighted by Crippen LogP contribution is -2.41. The molecule has 1 aromatic carbocycles. The highest BCUT2D eigenvalue weighted by Crippen LogP contribution is 2.43. The van der Waals surface area contributed by atoms with E-state index in [0.29, 0.717) is 0 Å². The van der Waals surface area contributed by atoms with E-state index in [2.05, 4.69) is 93.6 Å². The molecule has 0 saturated carbocycles. The number of ether oxygens (including phenoxy) is 2. The van der Waals surface area contributed by atoms with Crippen molar-refractivity contribution in [1.29, 1.82) is 0 Å². The molecule has 0 aromatic heterocycles. The minimum Gasteiger partial charge on any atom is -0.487 e. The van der Waals surface area contributed by atoms with E-state index in [9.17, 15) is 0 Å². The molecule has 0 spiro atoms. The summed E-state index contributed by atoms with van der Waals surface area (Å²) in [4.78, 5) is 0. The summed E-state index contributed by atoms with van der Waals surface area (Å²) in [6.45, 7) is 26.2. The van der Waals surface area contributed by atoms with Gasteiger partial charge in [-0.05, 0) is 133 Å². The zero-order valence-electron chi connectivity index (χ0n) is 42.1. The van der Waals surface area contributed by atoms with E-state index in [1.54, 1.807) is 0 Å². The van der Waals surface area contributed by atoms with E-state index in [0.717, 1.165) is 74.4 Å². The summed E-state index contributed by atoms with van der Waals surface area (Å²) in [5, 5.41) is 0. The van der Waals surface area contributed by atoms with E-state index in [1.165, 1.54) is 171 Å². The molecule has 5 heteroatoms. The fourth-order valence-electron chi connectivity index (χ4n) is 9.20. The van der Waals surface area contributed by atoms with Crippen LogP contribution in [0.4, 0.5) is 0 Å². The number of unbranched alkanes of at least 4 members (excludes halogenated alkanes) is 15. The molecule has 1 heterocycles. The van der Waals surface area contributed by atoms with Crippen LogP contribution in [0.5, 0.6) is 11.5 Å². The normalized spacial score (nSPS) is 17.3. The predicted molar refractivity (Wildman–Crippen MR) is 265 cm³/mol. The fourth-order valence-corrected chi connectivity index (χ4v) is 10.7. The number of rotatable bonds is 38. The zero-order valence-corrected chi connectivity index (χ0v) is 43.1. The van der Waals surface area contributed by atoms with Crippen LogP contribution in [-0.2, 0) is 15.3 Å². The van der Waals surface area contributed by atoms with Gasteiger partial charge in [0.15, 0.2) is 6.29 Å². The van der Waals surface area contributed by atoms with Gasteiger partial charge in [-0.3, -0.25) is 0 Å². The van der Waals surface area contributed by atoms with E-state index >= 15 is 0 Å². The monoisotopic (exact) mass is 855 g/mol. The second-order valence-corrected chi connectivity index (χ2v) is 24.1. The first-order valence-electron chi connectivity index (χ1n) is 26.2. The molecule has 1 aromatic rings. The Bertz CT molecular complexity index is 1240. The highest BCUT2D eigenvalue weighted by atomic mass is 28.4. The lowest BCUT2D eigenvalue weighted by atomic mass is 9.84. The predicted octanol–water partition coefficient (Wildman–Crippen LogP) is 18.3. The summed E-state index contributed by atoms with van der Waals surface area (Å²) in [5.41, 5.74) is 3.64. The minimum absolute atomic E-state index is 0.101. The van der Waals surface area contributed by atoms with Crippen molar-refractivity contribution >= 4 is 8.56 Å². The van der Waals surface area contributed by atoms with Gasteiger partial charge in [-0.2, -0.15) is 0 Å². The Kier molecular flexibility index (Phi) is 29.6. The molecule has 0 bridgehead atoms. The molecule has 1 aliphatic rings. The largest absolute Gasteiger partial charge is 0.487 e. The second-order valence-electron chi connectivity index (χ2n) is 20.7. The lowest BCUT2D eigenvalue weighted by Gasteiger charge is -2.38. The first-order valence-corrected chi connectivity index (χ1v) is 29.1. The highest BCUT2D eigenvalue weighted by molar-refractivity contribution is 6.64. The van der Waals surface area contributed by atoms with Crippen LogP contribution in [0.25, 0.3) is 0 Å². The molecule has 4 unspecified atom stereocenters. The van der Waals surface area contributed by atoms with Crippen molar-refractivity contribution in [3.8, 4) is 11.5 Å². The summed E-state index contributed by atoms with van der Waals surface area (Å²) in [6.07, 6.45) is 42.7. The number of hydrogen-bond donors (Lipinski definition) is 0. The summed E-state index contributed by atoms with van der Waals surface area (Å²) in [7, 11) is -2.38. The Morgan fingerprint density at radius 1 is 0.667 bits per heavy atom. The maximum atomic E-state index is 6.96. The van der Waals surface area contributed by atoms with Gasteiger partial charge in [-0.1, -0.05) is 176 Å². The van der Waals surface area contributed by atoms with E-state index < -0.39 is 8.56 Å². The molecule has 0 saturated heterocycles. The first kappa shape index (κ1) is 54.8. The van der Waals surface area contributed by atoms with Gasteiger partial charge in [0, 0.05) is 18.6 Å². The maximum Gasteiger partial charge on any atom is 0.334 e. The van der Waals surface area contributed by atoms with Gasteiger partial charge in [-0.15, -0.1) is 0 Å². The van der Waals surface area contributed by atoms with E-state index in [4.69, 9.17) is 18.3 Å². The SMILES string of the molecule is CCCCCCCC/C=C\CCCCCCCC(Oc1cc(C)c2c(c1C)CCC(C)(CCCC(C)CCCC(C)CCCC(C)C)O2)O[Si](C)(C)OCCCCCCC. The van der Waals surface area contributed by atoms with Crippen LogP contribution in [0.2, 0.25) is 13.1 Å².